The lowest BCUT2D eigenvalue weighted by atomic mass is 10.0. The Morgan fingerprint density at radius 2 is 1.45 bits per heavy atom. The Hall–Kier alpha value is -2.82. The molecule has 0 saturated heterocycles. The highest BCUT2D eigenvalue weighted by Crippen LogP contribution is 2.34. The number of hydrogen-bond acceptors (Lipinski definition) is 2. The van der Waals surface area contributed by atoms with Gasteiger partial charge in [-0.05, 0) is 48.5 Å². The summed E-state index contributed by atoms with van der Waals surface area (Å²) in [7, 11) is 0. The van der Waals surface area contributed by atoms with Gasteiger partial charge in [0.25, 0.3) is 0 Å². The first-order chi connectivity index (χ1) is 10.6. The summed E-state index contributed by atoms with van der Waals surface area (Å²) in [5, 5.41) is 0. The van der Waals surface area contributed by atoms with Gasteiger partial charge >= 0.3 is 0 Å². The van der Waals surface area contributed by atoms with Crippen molar-refractivity contribution in [3.8, 4) is 22.4 Å². The topological polar surface area (TPSA) is 38.9 Å². The van der Waals surface area contributed by atoms with Crippen molar-refractivity contribution >= 4 is 5.69 Å². The van der Waals surface area contributed by atoms with Gasteiger partial charge in [0.05, 0.1) is 11.4 Å². The summed E-state index contributed by atoms with van der Waals surface area (Å²) >= 11 is 0. The first-order valence-electron chi connectivity index (χ1n) is 6.52. The number of nitrogens with zero attached hydrogens (tertiary/aromatic N) is 1. The molecule has 5 heteroatoms. The molecule has 0 spiro atoms. The van der Waals surface area contributed by atoms with Gasteiger partial charge in [0.15, 0.2) is 0 Å². The Labute approximate surface area is 125 Å². The first kappa shape index (κ1) is 14.1. The lowest BCUT2D eigenvalue weighted by molar-refractivity contribution is 0.603. The van der Waals surface area contributed by atoms with Crippen LogP contribution in [0.15, 0.2) is 54.7 Å². The zero-order valence-corrected chi connectivity index (χ0v) is 11.4. The van der Waals surface area contributed by atoms with Crippen molar-refractivity contribution in [2.24, 2.45) is 0 Å². The van der Waals surface area contributed by atoms with E-state index in [4.69, 9.17) is 5.73 Å². The summed E-state index contributed by atoms with van der Waals surface area (Å²) in [4.78, 5) is 4.15. The first-order valence-corrected chi connectivity index (χ1v) is 6.52. The summed E-state index contributed by atoms with van der Waals surface area (Å²) in [5.41, 5.74) is 7.65. The van der Waals surface area contributed by atoms with E-state index in [-0.39, 0.29) is 17.1 Å². The van der Waals surface area contributed by atoms with Gasteiger partial charge in [-0.25, -0.2) is 13.2 Å². The summed E-state index contributed by atoms with van der Waals surface area (Å²) < 4.78 is 40.3. The highest BCUT2D eigenvalue weighted by molar-refractivity contribution is 5.86. The van der Waals surface area contributed by atoms with E-state index >= 15 is 0 Å². The van der Waals surface area contributed by atoms with Crippen LogP contribution in [-0.4, -0.2) is 4.98 Å². The minimum absolute atomic E-state index is 0.0586. The molecule has 1 heterocycles. The van der Waals surface area contributed by atoms with E-state index in [0.717, 1.165) is 18.2 Å². The van der Waals surface area contributed by atoms with Gasteiger partial charge in [0.1, 0.15) is 17.5 Å². The van der Waals surface area contributed by atoms with Gasteiger partial charge < -0.3 is 5.73 Å². The number of nitrogen functional groups attached to an aromatic ring is 1. The predicted molar refractivity (Wildman–Crippen MR) is 79.4 cm³/mol. The van der Waals surface area contributed by atoms with Crippen LogP contribution in [0.1, 0.15) is 0 Å². The number of halogens is 3. The van der Waals surface area contributed by atoms with Crippen molar-refractivity contribution in [3.05, 3.63) is 72.2 Å². The average molecular weight is 300 g/mol. The molecule has 2 N–H and O–H groups in total. The second-order valence-corrected chi connectivity index (χ2v) is 4.75. The number of aromatic nitrogens is 1. The van der Waals surface area contributed by atoms with Crippen LogP contribution in [0.3, 0.4) is 0 Å². The van der Waals surface area contributed by atoms with Gasteiger partial charge in [0, 0.05) is 22.9 Å². The van der Waals surface area contributed by atoms with Crippen LogP contribution in [0.2, 0.25) is 0 Å². The molecule has 0 aliphatic heterocycles. The molecule has 110 valence electrons. The molecule has 0 aliphatic rings. The van der Waals surface area contributed by atoms with Crippen LogP contribution in [0.5, 0.6) is 0 Å². The van der Waals surface area contributed by atoms with Crippen molar-refractivity contribution in [1.82, 2.24) is 4.98 Å². The largest absolute Gasteiger partial charge is 0.396 e. The Bertz CT molecular complexity index is 830. The van der Waals surface area contributed by atoms with Crippen LogP contribution >= 0.6 is 0 Å². The van der Waals surface area contributed by atoms with Crippen molar-refractivity contribution in [1.29, 1.82) is 0 Å². The van der Waals surface area contributed by atoms with E-state index in [0.29, 0.717) is 16.8 Å². The minimum Gasteiger partial charge on any atom is -0.396 e. The molecule has 0 fully saturated rings. The normalized spacial score (nSPS) is 10.7. The summed E-state index contributed by atoms with van der Waals surface area (Å²) in [5.74, 6) is -1.52. The molecule has 0 radical (unpaired) electrons. The molecular formula is C17H11F3N2. The fourth-order valence-electron chi connectivity index (χ4n) is 2.25. The van der Waals surface area contributed by atoms with Crippen molar-refractivity contribution in [2.75, 3.05) is 5.73 Å². The molecule has 3 rings (SSSR count). The molecule has 0 unspecified atom stereocenters. The number of benzene rings is 2. The van der Waals surface area contributed by atoms with E-state index in [1.165, 1.54) is 36.5 Å². The monoisotopic (exact) mass is 300 g/mol. The molecule has 2 nitrogen and oxygen atoms in total. The second-order valence-electron chi connectivity index (χ2n) is 4.75. The highest BCUT2D eigenvalue weighted by atomic mass is 19.1. The van der Waals surface area contributed by atoms with Crippen molar-refractivity contribution in [3.63, 3.8) is 0 Å². The van der Waals surface area contributed by atoms with Gasteiger partial charge in [-0.2, -0.15) is 0 Å². The molecule has 0 bridgehead atoms. The van der Waals surface area contributed by atoms with E-state index in [9.17, 15) is 13.2 Å². The minimum atomic E-state index is -0.579. The zero-order valence-electron chi connectivity index (χ0n) is 11.4. The molecule has 1 aromatic heterocycles. The maximum absolute atomic E-state index is 13.9. The molecule has 0 atom stereocenters. The number of rotatable bonds is 2. The third-order valence-corrected chi connectivity index (χ3v) is 3.33. The van der Waals surface area contributed by atoms with Gasteiger partial charge in [-0.3, -0.25) is 4.98 Å². The summed E-state index contributed by atoms with van der Waals surface area (Å²) in [6.45, 7) is 0. The molecule has 0 amide bonds. The lowest BCUT2D eigenvalue weighted by Gasteiger charge is -2.11. The van der Waals surface area contributed by atoms with E-state index in [1.54, 1.807) is 0 Å². The third-order valence-electron chi connectivity index (χ3n) is 3.33. The SMILES string of the molecule is Nc1c(-c2cc(F)ccc2F)ccnc1-c1ccc(F)cc1. The van der Waals surface area contributed by atoms with E-state index < -0.39 is 11.6 Å². The Kier molecular flexibility index (Phi) is 3.55. The van der Waals surface area contributed by atoms with Crippen LogP contribution in [0, 0.1) is 17.5 Å². The number of pyridine rings is 1. The zero-order chi connectivity index (χ0) is 15.7. The number of hydrogen-bond donors (Lipinski definition) is 1. The molecular weight excluding hydrogens is 289 g/mol. The summed E-state index contributed by atoms with van der Waals surface area (Å²) in [6, 6.07) is 10.3. The fraction of sp³-hybridized carbons (Fsp3) is 0. The quantitative estimate of drug-likeness (QED) is 0.761. The number of anilines is 1. The molecule has 0 aliphatic carbocycles. The number of nitrogens with two attached hydrogens (primary N) is 1. The molecule has 22 heavy (non-hydrogen) atoms. The van der Waals surface area contributed by atoms with E-state index in [2.05, 4.69) is 4.98 Å². The lowest BCUT2D eigenvalue weighted by Crippen LogP contribution is -1.98. The predicted octanol–water partition coefficient (Wildman–Crippen LogP) is 4.42. The maximum atomic E-state index is 13.9. The second kappa shape index (κ2) is 5.52. The molecule has 0 saturated carbocycles. The van der Waals surface area contributed by atoms with Gasteiger partial charge in [0.2, 0.25) is 0 Å². The highest BCUT2D eigenvalue weighted by Gasteiger charge is 2.14. The van der Waals surface area contributed by atoms with Crippen LogP contribution in [0.25, 0.3) is 22.4 Å². The Balaban J connectivity index is 2.17. The van der Waals surface area contributed by atoms with Crippen LogP contribution < -0.4 is 5.73 Å². The van der Waals surface area contributed by atoms with E-state index in [1.807, 2.05) is 0 Å². The van der Waals surface area contributed by atoms with Gasteiger partial charge in [-0.1, -0.05) is 0 Å². The Morgan fingerprint density at radius 1 is 0.773 bits per heavy atom. The van der Waals surface area contributed by atoms with Crippen LogP contribution in [0.4, 0.5) is 18.9 Å². The van der Waals surface area contributed by atoms with Crippen LogP contribution in [-0.2, 0) is 0 Å². The smallest absolute Gasteiger partial charge is 0.131 e. The maximum Gasteiger partial charge on any atom is 0.131 e. The fourth-order valence-corrected chi connectivity index (χ4v) is 2.25. The summed E-state index contributed by atoms with van der Waals surface area (Å²) in [6.07, 6.45) is 1.45. The molecule has 3 aromatic rings. The third kappa shape index (κ3) is 2.53. The van der Waals surface area contributed by atoms with Gasteiger partial charge in [-0.15, -0.1) is 0 Å². The standard InChI is InChI=1S/C17H11F3N2/c18-11-3-1-10(2-4-11)17-16(21)13(7-8-22-17)14-9-12(19)5-6-15(14)20/h1-9H,21H2. The molecule has 2 aromatic carbocycles. The van der Waals surface area contributed by atoms with Crippen molar-refractivity contribution < 1.29 is 13.2 Å². The van der Waals surface area contributed by atoms with Crippen molar-refractivity contribution in [2.45, 2.75) is 0 Å². The average Bonchev–Trinajstić information content (AvgIpc) is 2.51. The Morgan fingerprint density at radius 3 is 2.18 bits per heavy atom.